The van der Waals surface area contributed by atoms with Gasteiger partial charge in [0.05, 0.1) is 11.3 Å². The summed E-state index contributed by atoms with van der Waals surface area (Å²) in [6, 6.07) is 5.04. The zero-order chi connectivity index (χ0) is 15.3. The minimum absolute atomic E-state index is 0.0778. The fourth-order valence-corrected chi connectivity index (χ4v) is 1.73. The van der Waals surface area contributed by atoms with Gasteiger partial charge in [0, 0.05) is 10.0 Å². The lowest BCUT2D eigenvalue weighted by Crippen LogP contribution is -2.28. The molecule has 0 atom stereocenters. The standard InChI is InChI=1S/C13H18BrN3O3/c1-13(2,3)20-7-11(18)16-10-6-8(14)4-5-9(10)12(15)17-19/h4-6,19H,7H2,1-3H3,(H2,15,17)(H,16,18). The molecule has 7 heteroatoms. The predicted octanol–water partition coefficient (Wildman–Crippen LogP) is 2.30. The summed E-state index contributed by atoms with van der Waals surface area (Å²) in [6.45, 7) is 5.51. The largest absolute Gasteiger partial charge is 0.409 e. The van der Waals surface area contributed by atoms with Crippen LogP contribution in [0.4, 0.5) is 5.69 Å². The molecule has 0 radical (unpaired) electrons. The molecule has 6 nitrogen and oxygen atoms in total. The van der Waals surface area contributed by atoms with E-state index in [-0.39, 0.29) is 18.3 Å². The highest BCUT2D eigenvalue weighted by Crippen LogP contribution is 2.21. The summed E-state index contributed by atoms with van der Waals surface area (Å²) < 4.78 is 6.15. The van der Waals surface area contributed by atoms with E-state index in [4.69, 9.17) is 15.7 Å². The Bertz CT molecular complexity index is 524. The lowest BCUT2D eigenvalue weighted by Gasteiger charge is -2.19. The van der Waals surface area contributed by atoms with E-state index in [1.807, 2.05) is 20.8 Å². The van der Waals surface area contributed by atoms with Crippen LogP contribution < -0.4 is 11.1 Å². The lowest BCUT2D eigenvalue weighted by molar-refractivity contribution is -0.125. The Morgan fingerprint density at radius 3 is 2.70 bits per heavy atom. The number of hydrogen-bond acceptors (Lipinski definition) is 4. The molecule has 0 saturated carbocycles. The number of nitrogens with zero attached hydrogens (tertiary/aromatic N) is 1. The number of rotatable bonds is 4. The van der Waals surface area contributed by atoms with E-state index in [2.05, 4.69) is 26.4 Å². The maximum absolute atomic E-state index is 11.8. The SMILES string of the molecule is CC(C)(C)OCC(=O)Nc1cc(Br)ccc1/C(N)=N/O. The van der Waals surface area contributed by atoms with Crippen molar-refractivity contribution >= 4 is 33.4 Å². The van der Waals surface area contributed by atoms with Gasteiger partial charge in [-0.15, -0.1) is 0 Å². The third kappa shape index (κ3) is 5.18. The molecule has 0 aromatic heterocycles. The first-order valence-electron chi connectivity index (χ1n) is 5.94. The summed E-state index contributed by atoms with van der Waals surface area (Å²) in [6.07, 6.45) is 0. The van der Waals surface area contributed by atoms with Crippen molar-refractivity contribution in [3.05, 3.63) is 28.2 Å². The number of halogens is 1. The first kappa shape index (κ1) is 16.5. The number of ether oxygens (including phenoxy) is 1. The quantitative estimate of drug-likeness (QED) is 0.338. The molecule has 0 unspecified atom stereocenters. The minimum atomic E-state index is -0.400. The third-order valence-electron chi connectivity index (χ3n) is 2.28. The van der Waals surface area contributed by atoms with Crippen molar-refractivity contribution in [1.29, 1.82) is 0 Å². The number of nitrogens with two attached hydrogens (primary N) is 1. The molecule has 1 amide bonds. The van der Waals surface area contributed by atoms with Crippen LogP contribution in [-0.2, 0) is 9.53 Å². The number of benzene rings is 1. The molecule has 1 rings (SSSR count). The van der Waals surface area contributed by atoms with Crippen molar-refractivity contribution in [2.75, 3.05) is 11.9 Å². The second-order valence-corrected chi connectivity index (χ2v) is 6.04. The highest BCUT2D eigenvalue weighted by molar-refractivity contribution is 9.10. The van der Waals surface area contributed by atoms with E-state index in [0.717, 1.165) is 4.47 Å². The van der Waals surface area contributed by atoms with Gasteiger partial charge in [-0.05, 0) is 39.0 Å². The molecular weight excluding hydrogens is 326 g/mol. The molecule has 0 bridgehead atoms. The van der Waals surface area contributed by atoms with Crippen LogP contribution in [0.25, 0.3) is 0 Å². The monoisotopic (exact) mass is 343 g/mol. The fraction of sp³-hybridized carbons (Fsp3) is 0.385. The highest BCUT2D eigenvalue weighted by Gasteiger charge is 2.15. The number of amidine groups is 1. The van der Waals surface area contributed by atoms with E-state index in [1.165, 1.54) is 0 Å². The normalized spacial score (nSPS) is 12.3. The fourth-order valence-electron chi connectivity index (χ4n) is 1.37. The van der Waals surface area contributed by atoms with E-state index in [9.17, 15) is 4.79 Å². The Labute approximate surface area is 126 Å². The van der Waals surface area contributed by atoms with Gasteiger partial charge in [0.1, 0.15) is 6.61 Å². The van der Waals surface area contributed by atoms with Gasteiger partial charge in [-0.1, -0.05) is 21.1 Å². The van der Waals surface area contributed by atoms with Gasteiger partial charge < -0.3 is 21.0 Å². The summed E-state index contributed by atoms with van der Waals surface area (Å²) in [5.74, 6) is -0.394. The number of carbonyl (C=O) groups excluding carboxylic acids is 1. The minimum Gasteiger partial charge on any atom is -0.409 e. The Hall–Kier alpha value is -1.60. The molecule has 0 aliphatic carbocycles. The number of carbonyl (C=O) groups is 1. The molecule has 4 N–H and O–H groups in total. The Morgan fingerprint density at radius 1 is 1.50 bits per heavy atom. The van der Waals surface area contributed by atoms with Gasteiger partial charge in [0.25, 0.3) is 0 Å². The van der Waals surface area contributed by atoms with Crippen LogP contribution in [0.15, 0.2) is 27.8 Å². The maximum atomic E-state index is 11.8. The predicted molar refractivity (Wildman–Crippen MR) is 81.0 cm³/mol. The molecule has 0 aliphatic rings. The Kier molecular flexibility index (Phi) is 5.52. The van der Waals surface area contributed by atoms with Crippen molar-refractivity contribution in [3.63, 3.8) is 0 Å². The number of anilines is 1. The Morgan fingerprint density at radius 2 is 2.15 bits per heavy atom. The second kappa shape index (κ2) is 6.71. The van der Waals surface area contributed by atoms with Crippen molar-refractivity contribution in [2.45, 2.75) is 26.4 Å². The van der Waals surface area contributed by atoms with Gasteiger partial charge in [-0.25, -0.2) is 0 Å². The first-order valence-corrected chi connectivity index (χ1v) is 6.73. The van der Waals surface area contributed by atoms with Gasteiger partial charge in [-0.2, -0.15) is 0 Å². The first-order chi connectivity index (χ1) is 9.23. The highest BCUT2D eigenvalue weighted by atomic mass is 79.9. The van der Waals surface area contributed by atoms with Crippen LogP contribution in [-0.4, -0.2) is 29.2 Å². The van der Waals surface area contributed by atoms with Crippen LogP contribution in [0.3, 0.4) is 0 Å². The van der Waals surface area contributed by atoms with Crippen molar-refractivity contribution in [2.24, 2.45) is 10.9 Å². The number of hydrogen-bond donors (Lipinski definition) is 3. The third-order valence-corrected chi connectivity index (χ3v) is 2.77. The molecule has 20 heavy (non-hydrogen) atoms. The van der Waals surface area contributed by atoms with Crippen LogP contribution in [0, 0.1) is 0 Å². The number of amides is 1. The lowest BCUT2D eigenvalue weighted by atomic mass is 10.1. The number of nitrogens with one attached hydrogen (secondary N) is 1. The topological polar surface area (TPSA) is 96.9 Å². The van der Waals surface area contributed by atoms with Crippen LogP contribution in [0.5, 0.6) is 0 Å². The summed E-state index contributed by atoms with van der Waals surface area (Å²) in [4.78, 5) is 11.8. The van der Waals surface area contributed by atoms with Gasteiger partial charge in [-0.3, -0.25) is 4.79 Å². The molecule has 0 saturated heterocycles. The molecule has 1 aromatic carbocycles. The van der Waals surface area contributed by atoms with E-state index in [1.54, 1.807) is 18.2 Å². The molecule has 0 fully saturated rings. The smallest absolute Gasteiger partial charge is 0.250 e. The number of oxime groups is 1. The summed E-state index contributed by atoms with van der Waals surface area (Å²) in [5, 5.41) is 14.4. The van der Waals surface area contributed by atoms with E-state index >= 15 is 0 Å². The van der Waals surface area contributed by atoms with Crippen molar-refractivity contribution in [3.8, 4) is 0 Å². The average molecular weight is 344 g/mol. The molecule has 0 spiro atoms. The summed E-state index contributed by atoms with van der Waals surface area (Å²) >= 11 is 3.30. The van der Waals surface area contributed by atoms with E-state index < -0.39 is 5.60 Å². The van der Waals surface area contributed by atoms with Gasteiger partial charge in [0.15, 0.2) is 5.84 Å². The molecular formula is C13H18BrN3O3. The second-order valence-electron chi connectivity index (χ2n) is 5.12. The van der Waals surface area contributed by atoms with Crippen LogP contribution >= 0.6 is 15.9 Å². The molecule has 1 aromatic rings. The van der Waals surface area contributed by atoms with Crippen molar-refractivity contribution < 1.29 is 14.7 Å². The van der Waals surface area contributed by atoms with Crippen LogP contribution in [0.2, 0.25) is 0 Å². The molecule has 0 aliphatic heterocycles. The summed E-state index contributed by atoms with van der Waals surface area (Å²) in [5.41, 5.74) is 6.04. The molecule has 0 heterocycles. The van der Waals surface area contributed by atoms with Gasteiger partial charge in [0.2, 0.25) is 5.91 Å². The van der Waals surface area contributed by atoms with Gasteiger partial charge >= 0.3 is 0 Å². The van der Waals surface area contributed by atoms with Crippen molar-refractivity contribution in [1.82, 2.24) is 0 Å². The average Bonchev–Trinajstić information content (AvgIpc) is 2.35. The molecule has 110 valence electrons. The van der Waals surface area contributed by atoms with E-state index in [0.29, 0.717) is 11.3 Å². The zero-order valence-electron chi connectivity index (χ0n) is 11.6. The Balaban J connectivity index is 2.86. The van der Waals surface area contributed by atoms with Crippen LogP contribution in [0.1, 0.15) is 26.3 Å². The zero-order valence-corrected chi connectivity index (χ0v) is 13.2. The summed E-state index contributed by atoms with van der Waals surface area (Å²) in [7, 11) is 0. The maximum Gasteiger partial charge on any atom is 0.250 e.